The Bertz CT molecular complexity index is 195. The second kappa shape index (κ2) is 7.36. The Balaban J connectivity index is 0. The van der Waals surface area contributed by atoms with Crippen LogP contribution in [0, 0.1) is 0 Å². The van der Waals surface area contributed by atoms with Crippen molar-refractivity contribution in [1.29, 1.82) is 0 Å². The van der Waals surface area contributed by atoms with Crippen LogP contribution in [0.1, 0.15) is 33.1 Å². The summed E-state index contributed by atoms with van der Waals surface area (Å²) in [5.74, 6) is 0. The fraction of sp³-hybridized carbons (Fsp3) is 0.556. The molecule has 1 aliphatic rings. The zero-order valence-corrected chi connectivity index (χ0v) is 11.4. The summed E-state index contributed by atoms with van der Waals surface area (Å²) in [6.45, 7) is 4.52. The average Bonchev–Trinajstić information content (AvgIpc) is 2.30. The molecule has 0 heterocycles. The van der Waals surface area contributed by atoms with E-state index < -0.39 is 0 Å². The fourth-order valence-corrected chi connectivity index (χ4v) is 2.58. The second-order valence-corrected chi connectivity index (χ2v) is 3.94. The Morgan fingerprint density at radius 3 is 2.17 bits per heavy atom. The molecule has 0 unspecified atom stereocenters. The van der Waals surface area contributed by atoms with Crippen LogP contribution in [-0.4, -0.2) is 0 Å². The number of halogens is 2. The Labute approximate surface area is 103 Å². The maximum Gasteiger partial charge on any atom is -1.00 e. The van der Waals surface area contributed by atoms with Crippen molar-refractivity contribution < 1.29 is 49.5 Å². The van der Waals surface area contributed by atoms with Crippen LogP contribution < -0.4 is 24.8 Å². The first-order valence-electron chi connectivity index (χ1n) is 3.92. The SMILES string of the molecule is CCC1=C(CC)[C]([Zr+2])=CC1.[Cl-].[Cl-]. The number of hydrogen-bond acceptors (Lipinski definition) is 0. The van der Waals surface area contributed by atoms with Gasteiger partial charge in [0, 0.05) is 0 Å². The van der Waals surface area contributed by atoms with Crippen LogP contribution in [0.2, 0.25) is 0 Å². The summed E-state index contributed by atoms with van der Waals surface area (Å²) >= 11 is 1.59. The molecule has 67 valence electrons. The predicted molar refractivity (Wildman–Crippen MR) is 40.3 cm³/mol. The minimum atomic E-state index is 0. The summed E-state index contributed by atoms with van der Waals surface area (Å²) in [5.41, 5.74) is 3.33. The molecule has 0 aromatic heterocycles. The number of rotatable bonds is 2. The Hall–Kier alpha value is 0.943. The molecule has 0 N–H and O–H groups in total. The van der Waals surface area contributed by atoms with E-state index in [2.05, 4.69) is 19.9 Å². The summed E-state index contributed by atoms with van der Waals surface area (Å²) in [6.07, 6.45) is 6.11. The average molecular weight is 283 g/mol. The van der Waals surface area contributed by atoms with Crippen molar-refractivity contribution in [3.8, 4) is 0 Å². The van der Waals surface area contributed by atoms with Crippen molar-refractivity contribution in [2.24, 2.45) is 0 Å². The van der Waals surface area contributed by atoms with E-state index in [1.807, 2.05) is 0 Å². The zero-order valence-electron chi connectivity index (χ0n) is 7.45. The molecule has 0 aromatic rings. The standard InChI is InChI=1S/C9H13.2ClH.Zr/c1-3-8-6-5-7-9(8)4-2;;;/h5H,3-4,6H2,1-2H3;2*1H;/q;;;+2/p-2. The van der Waals surface area contributed by atoms with Crippen molar-refractivity contribution in [1.82, 2.24) is 0 Å². The van der Waals surface area contributed by atoms with Crippen LogP contribution in [0.3, 0.4) is 0 Å². The molecule has 0 atom stereocenters. The third-order valence-electron chi connectivity index (χ3n) is 2.08. The Morgan fingerprint density at radius 2 is 1.83 bits per heavy atom. The quantitative estimate of drug-likeness (QED) is 0.505. The Kier molecular flexibility index (Phi) is 9.45. The molecule has 0 amide bonds. The van der Waals surface area contributed by atoms with Crippen LogP contribution in [0.15, 0.2) is 20.5 Å². The first-order chi connectivity index (χ1) is 4.79. The molecule has 3 heteroatoms. The van der Waals surface area contributed by atoms with Gasteiger partial charge in [-0.2, -0.15) is 0 Å². The van der Waals surface area contributed by atoms with E-state index in [1.165, 1.54) is 19.3 Å². The van der Waals surface area contributed by atoms with Gasteiger partial charge in [0.2, 0.25) is 0 Å². The van der Waals surface area contributed by atoms with E-state index in [1.54, 1.807) is 39.1 Å². The molecule has 0 nitrogen and oxygen atoms in total. The maximum atomic E-state index is 2.38. The molecule has 1 aliphatic carbocycles. The van der Waals surface area contributed by atoms with Crippen LogP contribution in [0.4, 0.5) is 0 Å². The van der Waals surface area contributed by atoms with Gasteiger partial charge >= 0.3 is 78.3 Å². The molecule has 0 spiro atoms. The third kappa shape index (κ3) is 3.36. The van der Waals surface area contributed by atoms with Crippen molar-refractivity contribution in [2.45, 2.75) is 33.1 Å². The van der Waals surface area contributed by atoms with Crippen molar-refractivity contribution in [2.75, 3.05) is 0 Å². The Morgan fingerprint density at radius 1 is 1.25 bits per heavy atom. The van der Waals surface area contributed by atoms with Gasteiger partial charge in [0.25, 0.3) is 0 Å². The smallest absolute Gasteiger partial charge is 1.00 e. The molecular weight excluding hydrogens is 270 g/mol. The molecule has 0 radical (unpaired) electrons. The van der Waals surface area contributed by atoms with Crippen molar-refractivity contribution in [3.05, 3.63) is 20.5 Å². The molecule has 0 bridgehead atoms. The molecule has 0 saturated heterocycles. The minimum Gasteiger partial charge on any atom is -1.00 e. The van der Waals surface area contributed by atoms with E-state index in [-0.39, 0.29) is 24.8 Å². The van der Waals surface area contributed by atoms with Crippen molar-refractivity contribution >= 4 is 0 Å². The summed E-state index contributed by atoms with van der Waals surface area (Å²) in [6, 6.07) is 0. The van der Waals surface area contributed by atoms with Crippen LogP contribution in [0.25, 0.3) is 0 Å². The van der Waals surface area contributed by atoms with E-state index in [0.717, 1.165) is 0 Å². The number of hydrogen-bond donors (Lipinski definition) is 0. The normalized spacial score (nSPS) is 15.2. The second-order valence-electron chi connectivity index (χ2n) is 2.61. The van der Waals surface area contributed by atoms with Gasteiger partial charge in [0.05, 0.1) is 0 Å². The van der Waals surface area contributed by atoms with Gasteiger partial charge in [-0.05, 0) is 0 Å². The first-order valence-corrected chi connectivity index (χ1v) is 5.15. The minimum absolute atomic E-state index is 0. The first kappa shape index (κ1) is 15.4. The third-order valence-corrected chi connectivity index (χ3v) is 3.33. The molecule has 0 aromatic carbocycles. The summed E-state index contributed by atoms with van der Waals surface area (Å²) < 4.78 is 1.60. The van der Waals surface area contributed by atoms with Crippen LogP contribution >= 0.6 is 0 Å². The maximum absolute atomic E-state index is 2.38. The predicted octanol–water partition coefficient (Wildman–Crippen LogP) is -3.05. The van der Waals surface area contributed by atoms with Gasteiger partial charge in [-0.15, -0.1) is 0 Å². The van der Waals surface area contributed by atoms with Gasteiger partial charge in [0.15, 0.2) is 0 Å². The van der Waals surface area contributed by atoms with Gasteiger partial charge < -0.3 is 24.8 Å². The van der Waals surface area contributed by atoms with E-state index in [4.69, 9.17) is 0 Å². The van der Waals surface area contributed by atoms with E-state index in [0.29, 0.717) is 0 Å². The van der Waals surface area contributed by atoms with E-state index >= 15 is 0 Å². The zero-order chi connectivity index (χ0) is 7.56. The van der Waals surface area contributed by atoms with Gasteiger partial charge in [-0.3, -0.25) is 0 Å². The summed E-state index contributed by atoms with van der Waals surface area (Å²) in [4.78, 5) is 0. The van der Waals surface area contributed by atoms with Crippen molar-refractivity contribution in [3.63, 3.8) is 0 Å². The van der Waals surface area contributed by atoms with Gasteiger partial charge in [-0.1, -0.05) is 0 Å². The molecular formula is C9H13Cl2Zr. The van der Waals surface area contributed by atoms with Gasteiger partial charge in [-0.25, -0.2) is 0 Å². The van der Waals surface area contributed by atoms with Gasteiger partial charge in [0.1, 0.15) is 0 Å². The van der Waals surface area contributed by atoms with E-state index in [9.17, 15) is 0 Å². The topological polar surface area (TPSA) is 0 Å². The number of allylic oxidation sites excluding steroid dienone is 4. The molecule has 12 heavy (non-hydrogen) atoms. The largest absolute Gasteiger partial charge is 1.00 e. The molecule has 1 rings (SSSR count). The molecule has 0 aliphatic heterocycles. The fourth-order valence-electron chi connectivity index (χ4n) is 1.46. The molecule has 0 saturated carbocycles. The summed E-state index contributed by atoms with van der Waals surface area (Å²) in [5, 5.41) is 0. The molecule has 0 fully saturated rings. The monoisotopic (exact) mass is 281 g/mol. The van der Waals surface area contributed by atoms with Crippen LogP contribution in [0.5, 0.6) is 0 Å². The van der Waals surface area contributed by atoms with Crippen LogP contribution in [-0.2, 0) is 24.7 Å². The summed E-state index contributed by atoms with van der Waals surface area (Å²) in [7, 11) is 0.